The molecule has 1 fully saturated rings. The number of carbonyl (C=O) groups excluding carboxylic acids is 1. The van der Waals surface area contributed by atoms with E-state index in [0.29, 0.717) is 12.6 Å². The molecule has 2 aromatic rings. The van der Waals surface area contributed by atoms with Crippen molar-refractivity contribution in [2.75, 3.05) is 49.1 Å². The van der Waals surface area contributed by atoms with E-state index in [1.807, 2.05) is 37.3 Å². The average molecular weight is 441 g/mol. The Morgan fingerprint density at radius 2 is 2.12 bits per heavy atom. The Kier molecular flexibility index (Phi) is 8.33. The zero-order valence-electron chi connectivity index (χ0n) is 18.7. The van der Waals surface area contributed by atoms with Crippen molar-refractivity contribution in [1.29, 1.82) is 0 Å². The minimum absolute atomic E-state index is 0.145. The summed E-state index contributed by atoms with van der Waals surface area (Å²) in [6, 6.07) is 14.3. The predicted molar refractivity (Wildman–Crippen MR) is 127 cm³/mol. The van der Waals surface area contributed by atoms with Gasteiger partial charge in [-0.2, -0.15) is 0 Å². The van der Waals surface area contributed by atoms with Crippen LogP contribution in [0, 0.1) is 0 Å². The van der Waals surface area contributed by atoms with E-state index in [2.05, 4.69) is 34.6 Å². The first kappa shape index (κ1) is 23.4. The summed E-state index contributed by atoms with van der Waals surface area (Å²) in [5, 5.41) is 14.7. The van der Waals surface area contributed by atoms with Gasteiger partial charge in [-0.25, -0.2) is 4.79 Å². The maximum atomic E-state index is 12.1. The number of hydrogen-bond acceptors (Lipinski definition) is 5. The first-order valence-corrected chi connectivity index (χ1v) is 11.1. The fourth-order valence-corrected chi connectivity index (χ4v) is 4.11. The standard InChI is InChI=1S/C24H32N4O4/c1-3-19-16-25-11-14-28(19)21-10-9-18(20-7-5-6-8-23(20)32-4-2)15-22(21)27(17-29)13-12-26-24(30)31/h5-10,15,17,19,25-26H,3-4,11-14,16H2,1-2H3,(H,30,31)/t19-/m1/s1. The number of para-hydroxylation sites is 1. The molecule has 1 heterocycles. The molecule has 1 saturated heterocycles. The van der Waals surface area contributed by atoms with Crippen LogP contribution in [0.25, 0.3) is 11.1 Å². The number of carbonyl (C=O) groups is 2. The third-order valence-electron chi connectivity index (χ3n) is 5.67. The van der Waals surface area contributed by atoms with E-state index in [-0.39, 0.29) is 13.1 Å². The van der Waals surface area contributed by atoms with Crippen LogP contribution in [0.3, 0.4) is 0 Å². The smallest absolute Gasteiger partial charge is 0.404 e. The molecule has 8 nitrogen and oxygen atoms in total. The SMILES string of the molecule is CCOc1ccccc1-c1ccc(N2CCNC[C@H]2CC)c(N(C=O)CCNC(=O)O)c1. The summed E-state index contributed by atoms with van der Waals surface area (Å²) in [7, 11) is 0. The third-order valence-corrected chi connectivity index (χ3v) is 5.67. The lowest BCUT2D eigenvalue weighted by atomic mass is 10.0. The summed E-state index contributed by atoms with van der Waals surface area (Å²) < 4.78 is 5.81. The Morgan fingerprint density at radius 3 is 2.84 bits per heavy atom. The lowest BCUT2D eigenvalue weighted by molar-refractivity contribution is -0.107. The highest BCUT2D eigenvalue weighted by molar-refractivity contribution is 5.88. The molecule has 3 rings (SSSR count). The van der Waals surface area contributed by atoms with Gasteiger partial charge in [-0.3, -0.25) is 4.79 Å². The van der Waals surface area contributed by atoms with Crippen LogP contribution in [-0.2, 0) is 4.79 Å². The molecule has 172 valence electrons. The minimum atomic E-state index is -1.11. The number of nitrogens with zero attached hydrogens (tertiary/aromatic N) is 2. The molecule has 0 spiro atoms. The molecule has 32 heavy (non-hydrogen) atoms. The van der Waals surface area contributed by atoms with Gasteiger partial charge in [0, 0.05) is 44.3 Å². The number of anilines is 2. The Hall–Kier alpha value is -3.26. The molecular weight excluding hydrogens is 408 g/mol. The molecule has 2 aromatic carbocycles. The van der Waals surface area contributed by atoms with E-state index < -0.39 is 6.09 Å². The number of rotatable bonds is 10. The van der Waals surface area contributed by atoms with E-state index >= 15 is 0 Å². The normalized spacial score (nSPS) is 15.8. The predicted octanol–water partition coefficient (Wildman–Crippen LogP) is 3.17. The Labute approximate surface area is 189 Å². The number of piperazine rings is 1. The molecule has 8 heteroatoms. The topological polar surface area (TPSA) is 94.1 Å². The zero-order valence-corrected chi connectivity index (χ0v) is 18.7. The maximum Gasteiger partial charge on any atom is 0.404 e. The van der Waals surface area contributed by atoms with Gasteiger partial charge >= 0.3 is 6.09 Å². The van der Waals surface area contributed by atoms with Crippen LogP contribution < -0.4 is 25.2 Å². The second kappa shape index (κ2) is 11.4. The van der Waals surface area contributed by atoms with Crippen LogP contribution in [0.4, 0.5) is 16.2 Å². The van der Waals surface area contributed by atoms with Gasteiger partial charge in [-0.15, -0.1) is 0 Å². The van der Waals surface area contributed by atoms with Crippen molar-refractivity contribution in [3.63, 3.8) is 0 Å². The average Bonchev–Trinajstić information content (AvgIpc) is 2.82. The van der Waals surface area contributed by atoms with Crippen molar-refractivity contribution in [3.8, 4) is 16.9 Å². The summed E-state index contributed by atoms with van der Waals surface area (Å²) in [6.07, 6.45) is 0.635. The van der Waals surface area contributed by atoms with Gasteiger partial charge in [0.25, 0.3) is 0 Å². The first-order chi connectivity index (χ1) is 15.6. The highest BCUT2D eigenvalue weighted by Gasteiger charge is 2.25. The summed E-state index contributed by atoms with van der Waals surface area (Å²) in [5.74, 6) is 0.785. The summed E-state index contributed by atoms with van der Waals surface area (Å²) in [6.45, 7) is 7.63. The van der Waals surface area contributed by atoms with Crippen molar-refractivity contribution < 1.29 is 19.4 Å². The lowest BCUT2D eigenvalue weighted by Crippen LogP contribution is -2.51. The minimum Gasteiger partial charge on any atom is -0.493 e. The van der Waals surface area contributed by atoms with E-state index in [0.717, 1.165) is 60.7 Å². The van der Waals surface area contributed by atoms with Crippen molar-refractivity contribution in [2.24, 2.45) is 0 Å². The van der Waals surface area contributed by atoms with Crippen LogP contribution in [-0.4, -0.2) is 63.0 Å². The summed E-state index contributed by atoms with van der Waals surface area (Å²) in [5.41, 5.74) is 3.62. The Morgan fingerprint density at radius 1 is 1.31 bits per heavy atom. The number of ether oxygens (including phenoxy) is 1. The molecule has 1 aliphatic rings. The van der Waals surface area contributed by atoms with Crippen LogP contribution >= 0.6 is 0 Å². The van der Waals surface area contributed by atoms with Gasteiger partial charge in [0.05, 0.1) is 18.0 Å². The molecule has 3 N–H and O–H groups in total. The highest BCUT2D eigenvalue weighted by Crippen LogP contribution is 2.38. The second-order valence-electron chi connectivity index (χ2n) is 7.62. The quantitative estimate of drug-likeness (QED) is 0.492. The molecular formula is C24H32N4O4. The number of hydrogen-bond donors (Lipinski definition) is 3. The molecule has 0 unspecified atom stereocenters. The molecule has 1 atom stereocenters. The summed E-state index contributed by atoms with van der Waals surface area (Å²) >= 11 is 0. The zero-order chi connectivity index (χ0) is 22.9. The number of benzene rings is 2. The van der Waals surface area contributed by atoms with Crippen LogP contribution in [0.15, 0.2) is 42.5 Å². The molecule has 0 saturated carbocycles. The van der Waals surface area contributed by atoms with E-state index in [1.165, 1.54) is 0 Å². The van der Waals surface area contributed by atoms with Gasteiger partial charge < -0.3 is 30.3 Å². The number of carboxylic acid groups (broad SMARTS) is 1. The van der Waals surface area contributed by atoms with Gasteiger partial charge in [0.15, 0.2) is 0 Å². The highest BCUT2D eigenvalue weighted by atomic mass is 16.5. The van der Waals surface area contributed by atoms with Gasteiger partial charge in [-0.05, 0) is 37.1 Å². The third kappa shape index (κ3) is 5.50. The van der Waals surface area contributed by atoms with E-state index in [4.69, 9.17) is 9.84 Å². The molecule has 2 amide bonds. The second-order valence-corrected chi connectivity index (χ2v) is 7.62. The number of amides is 2. The largest absolute Gasteiger partial charge is 0.493 e. The molecule has 0 bridgehead atoms. The fraction of sp³-hybridized carbons (Fsp3) is 0.417. The van der Waals surface area contributed by atoms with Crippen molar-refractivity contribution in [2.45, 2.75) is 26.3 Å². The molecule has 1 aliphatic heterocycles. The van der Waals surface area contributed by atoms with E-state index in [9.17, 15) is 9.59 Å². The maximum absolute atomic E-state index is 12.1. The first-order valence-electron chi connectivity index (χ1n) is 11.1. The van der Waals surface area contributed by atoms with Crippen molar-refractivity contribution in [1.82, 2.24) is 10.6 Å². The number of nitrogens with one attached hydrogen (secondary N) is 2. The van der Waals surface area contributed by atoms with Gasteiger partial charge in [0.2, 0.25) is 6.41 Å². The fourth-order valence-electron chi connectivity index (χ4n) is 4.11. The lowest BCUT2D eigenvalue weighted by Gasteiger charge is -2.39. The molecule has 0 radical (unpaired) electrons. The van der Waals surface area contributed by atoms with Crippen LogP contribution in [0.1, 0.15) is 20.3 Å². The molecule has 0 aromatic heterocycles. The summed E-state index contributed by atoms with van der Waals surface area (Å²) in [4.78, 5) is 26.9. The Bertz CT molecular complexity index is 921. The van der Waals surface area contributed by atoms with Crippen molar-refractivity contribution >= 4 is 23.9 Å². The Balaban J connectivity index is 2.05. The monoisotopic (exact) mass is 440 g/mol. The van der Waals surface area contributed by atoms with Crippen molar-refractivity contribution in [3.05, 3.63) is 42.5 Å². The molecule has 0 aliphatic carbocycles. The van der Waals surface area contributed by atoms with Gasteiger partial charge in [0.1, 0.15) is 5.75 Å². The van der Waals surface area contributed by atoms with E-state index in [1.54, 1.807) is 4.90 Å². The van der Waals surface area contributed by atoms with Crippen LogP contribution in [0.5, 0.6) is 5.75 Å². The van der Waals surface area contributed by atoms with Crippen LogP contribution in [0.2, 0.25) is 0 Å². The van der Waals surface area contributed by atoms with Gasteiger partial charge in [-0.1, -0.05) is 31.2 Å².